The molecular weight excluding hydrogens is 383 g/mol. The van der Waals surface area contributed by atoms with Gasteiger partial charge in [-0.3, -0.25) is 4.90 Å². The average Bonchev–Trinajstić information content (AvgIpc) is 2.40. The molecule has 0 amide bonds. The van der Waals surface area contributed by atoms with Crippen LogP contribution in [0.4, 0.5) is 0 Å². The van der Waals surface area contributed by atoms with E-state index in [2.05, 4.69) is 38.7 Å². The molecule has 1 heterocycles. The Kier molecular flexibility index (Phi) is 23.6. The van der Waals surface area contributed by atoms with Crippen molar-refractivity contribution in [2.24, 2.45) is 0 Å². The van der Waals surface area contributed by atoms with E-state index in [1.807, 2.05) is 18.2 Å². The summed E-state index contributed by atoms with van der Waals surface area (Å²) in [6.07, 6.45) is 0. The zero-order valence-electron chi connectivity index (χ0n) is 13.1. The molecule has 23 heavy (non-hydrogen) atoms. The quantitative estimate of drug-likeness (QED) is 0.573. The van der Waals surface area contributed by atoms with Crippen LogP contribution in [0.1, 0.15) is 61.5 Å². The Morgan fingerprint density at radius 3 is 1.83 bits per heavy atom. The topological polar surface area (TPSA) is 12.5 Å². The summed E-state index contributed by atoms with van der Waals surface area (Å²) >= 11 is 5.79. The Bertz CT molecular complexity index is 366. The van der Waals surface area contributed by atoms with Crippen LogP contribution in [0.25, 0.3) is 0 Å². The van der Waals surface area contributed by atoms with Crippen molar-refractivity contribution >= 4 is 11.6 Å². The van der Waals surface area contributed by atoms with Crippen LogP contribution in [-0.2, 0) is 37.4 Å². The molecule has 2 rings (SSSR count). The van der Waals surface area contributed by atoms with E-state index >= 15 is 0 Å². The van der Waals surface area contributed by atoms with Gasteiger partial charge >= 0.3 is 0 Å². The molecule has 135 valence electrons. The number of hydrogen-bond donors (Lipinski definition) is 0. The second-order valence-electron chi connectivity index (χ2n) is 5.45. The molecule has 1 fully saturated rings. The molecule has 1 aromatic carbocycles. The average molecular weight is 421 g/mol. The number of nitrogens with zero attached hydrogens (tertiary/aromatic N) is 1. The third-order valence-corrected chi connectivity index (χ3v) is 3.53. The van der Waals surface area contributed by atoms with Crippen molar-refractivity contribution in [2.45, 2.75) is 61.9 Å². The number of ether oxygens (including phenoxy) is 1. The molecule has 1 aromatic rings. The van der Waals surface area contributed by atoms with Gasteiger partial charge in [0.05, 0.1) is 13.2 Å². The van der Waals surface area contributed by atoms with Crippen molar-refractivity contribution in [2.75, 3.05) is 26.3 Å². The van der Waals surface area contributed by atoms with Gasteiger partial charge in [-0.15, -0.1) is 0 Å². The number of halogens is 1. The standard InChI is InChI=1S/C9H11Cl.C7H15NO.3CH4.Y/c1-7(2)8-4-3-5-9(10)6-8;1-7(2)8-3-5-9-6-4-8;;;;/h3-7H,1-2H3;7H,3-6H2,1-2H3;3*1H4;. The van der Waals surface area contributed by atoms with Gasteiger partial charge in [0.2, 0.25) is 0 Å². The molecule has 0 saturated carbocycles. The van der Waals surface area contributed by atoms with Crippen LogP contribution in [0.3, 0.4) is 0 Å². The molecule has 0 aliphatic carbocycles. The van der Waals surface area contributed by atoms with Crippen molar-refractivity contribution in [1.29, 1.82) is 0 Å². The molecule has 0 N–H and O–H groups in total. The van der Waals surface area contributed by atoms with Crippen LogP contribution in [0.2, 0.25) is 5.02 Å². The molecule has 0 unspecified atom stereocenters. The summed E-state index contributed by atoms with van der Waals surface area (Å²) in [5.41, 5.74) is 1.30. The second-order valence-corrected chi connectivity index (χ2v) is 5.89. The minimum Gasteiger partial charge on any atom is -0.379 e. The second kappa shape index (κ2) is 17.4. The van der Waals surface area contributed by atoms with Gasteiger partial charge in [0.1, 0.15) is 0 Å². The van der Waals surface area contributed by atoms with Crippen LogP contribution in [0, 0.1) is 0 Å². The fraction of sp³-hybridized carbons (Fsp3) is 0.684. The van der Waals surface area contributed by atoms with Gasteiger partial charge in [-0.1, -0.05) is 59.9 Å². The van der Waals surface area contributed by atoms with Gasteiger partial charge in [0.15, 0.2) is 0 Å². The predicted molar refractivity (Wildman–Crippen MR) is 103 cm³/mol. The van der Waals surface area contributed by atoms with Gasteiger partial charge < -0.3 is 4.74 Å². The summed E-state index contributed by atoms with van der Waals surface area (Å²) in [6.45, 7) is 12.8. The summed E-state index contributed by atoms with van der Waals surface area (Å²) < 4.78 is 5.21. The first-order chi connectivity index (χ1) is 9.00. The molecule has 0 spiro atoms. The van der Waals surface area contributed by atoms with Crippen molar-refractivity contribution < 1.29 is 37.4 Å². The maximum absolute atomic E-state index is 5.79. The van der Waals surface area contributed by atoms with E-state index in [0.29, 0.717) is 12.0 Å². The number of morpholine rings is 1. The van der Waals surface area contributed by atoms with Gasteiger partial charge in [0, 0.05) is 56.9 Å². The Morgan fingerprint density at radius 2 is 1.52 bits per heavy atom. The first-order valence-corrected chi connectivity index (χ1v) is 7.45. The fourth-order valence-corrected chi connectivity index (χ4v) is 2.16. The Labute approximate surface area is 176 Å². The minimum absolute atomic E-state index is 0. The maximum Gasteiger partial charge on any atom is 0.0594 e. The molecule has 1 radical (unpaired) electrons. The Morgan fingerprint density at radius 1 is 1.00 bits per heavy atom. The van der Waals surface area contributed by atoms with E-state index in [0.717, 1.165) is 31.3 Å². The van der Waals surface area contributed by atoms with Gasteiger partial charge in [-0.05, 0) is 37.5 Å². The maximum atomic E-state index is 5.79. The smallest absolute Gasteiger partial charge is 0.0594 e. The van der Waals surface area contributed by atoms with Crippen LogP contribution in [0.5, 0.6) is 0 Å². The van der Waals surface area contributed by atoms with E-state index in [-0.39, 0.29) is 55.0 Å². The van der Waals surface area contributed by atoms with Crippen molar-refractivity contribution in [3.05, 3.63) is 34.9 Å². The van der Waals surface area contributed by atoms with E-state index in [9.17, 15) is 0 Å². The summed E-state index contributed by atoms with van der Waals surface area (Å²) in [5, 5.41) is 0.825. The molecule has 0 aromatic heterocycles. The fourth-order valence-electron chi connectivity index (χ4n) is 1.96. The molecular formula is C19H38ClNOY. The molecule has 1 aliphatic rings. The van der Waals surface area contributed by atoms with E-state index < -0.39 is 0 Å². The monoisotopic (exact) mass is 420 g/mol. The summed E-state index contributed by atoms with van der Waals surface area (Å²) in [4.78, 5) is 2.43. The summed E-state index contributed by atoms with van der Waals surface area (Å²) in [7, 11) is 0. The first kappa shape index (κ1) is 31.3. The largest absolute Gasteiger partial charge is 0.379 e. The summed E-state index contributed by atoms with van der Waals surface area (Å²) in [6, 6.07) is 8.67. The third kappa shape index (κ3) is 13.5. The molecule has 4 heteroatoms. The number of hydrogen-bond acceptors (Lipinski definition) is 2. The number of rotatable bonds is 2. The van der Waals surface area contributed by atoms with E-state index in [1.165, 1.54) is 5.56 Å². The minimum atomic E-state index is 0. The Balaban J connectivity index is -0.000000134. The van der Waals surface area contributed by atoms with Crippen LogP contribution >= 0.6 is 11.6 Å². The zero-order valence-corrected chi connectivity index (χ0v) is 16.7. The Hall–Kier alpha value is 0.534. The van der Waals surface area contributed by atoms with Crippen LogP contribution < -0.4 is 0 Å². The molecule has 1 aliphatic heterocycles. The van der Waals surface area contributed by atoms with Crippen molar-refractivity contribution in [1.82, 2.24) is 4.90 Å². The third-order valence-electron chi connectivity index (χ3n) is 3.29. The molecule has 0 atom stereocenters. The van der Waals surface area contributed by atoms with Crippen molar-refractivity contribution in [3.63, 3.8) is 0 Å². The first-order valence-electron chi connectivity index (χ1n) is 7.08. The molecule has 1 saturated heterocycles. The molecule has 2 nitrogen and oxygen atoms in total. The van der Waals surface area contributed by atoms with E-state index in [1.54, 1.807) is 0 Å². The SMILES string of the molecule is C.C.C.CC(C)N1CCOCC1.CC(C)c1cccc(Cl)c1.[Y]. The van der Waals surface area contributed by atoms with Gasteiger partial charge in [-0.25, -0.2) is 0 Å². The van der Waals surface area contributed by atoms with Crippen LogP contribution in [0.15, 0.2) is 24.3 Å². The summed E-state index contributed by atoms with van der Waals surface area (Å²) in [5.74, 6) is 0.568. The van der Waals surface area contributed by atoms with Gasteiger partial charge in [0.25, 0.3) is 0 Å². The van der Waals surface area contributed by atoms with E-state index in [4.69, 9.17) is 16.3 Å². The van der Waals surface area contributed by atoms with Crippen molar-refractivity contribution in [3.8, 4) is 0 Å². The van der Waals surface area contributed by atoms with Gasteiger partial charge in [-0.2, -0.15) is 0 Å². The zero-order chi connectivity index (χ0) is 14.3. The number of benzene rings is 1. The van der Waals surface area contributed by atoms with Crippen LogP contribution in [-0.4, -0.2) is 37.2 Å². The predicted octanol–water partition coefficient (Wildman–Crippen LogP) is 6.10. The normalized spacial score (nSPS) is 13.5. The molecule has 0 bridgehead atoms.